The van der Waals surface area contributed by atoms with Gasteiger partial charge in [-0.25, -0.2) is 4.79 Å². The standard InChI is InChI=1S/C23H15ClO5/c1-27-18-10-11-19-20(13-18)29-21(22(19)25)12-14-2-8-17(9-3-14)28-23(26)15-4-6-16(24)7-5-15/h2-13H,1H3/b21-12-. The van der Waals surface area contributed by atoms with Gasteiger partial charge in [0.2, 0.25) is 5.78 Å². The number of Topliss-reactive ketones (excluding diaryl/α,β-unsaturated/α-hetero) is 1. The molecule has 0 aliphatic carbocycles. The van der Waals surface area contributed by atoms with E-state index in [1.165, 1.54) is 0 Å². The molecule has 1 aliphatic rings. The summed E-state index contributed by atoms with van der Waals surface area (Å²) < 4.78 is 16.2. The Morgan fingerprint density at radius 3 is 2.34 bits per heavy atom. The summed E-state index contributed by atoms with van der Waals surface area (Å²) in [6.07, 6.45) is 1.64. The number of hydrogen-bond donors (Lipinski definition) is 0. The number of ketones is 1. The summed E-state index contributed by atoms with van der Waals surface area (Å²) in [5, 5.41) is 0.545. The van der Waals surface area contributed by atoms with E-state index in [0.717, 1.165) is 5.56 Å². The molecule has 6 heteroatoms. The van der Waals surface area contributed by atoms with Gasteiger partial charge in [0.25, 0.3) is 0 Å². The monoisotopic (exact) mass is 406 g/mol. The molecule has 3 aromatic rings. The summed E-state index contributed by atoms with van der Waals surface area (Å²) in [4.78, 5) is 24.6. The number of benzene rings is 3. The van der Waals surface area contributed by atoms with Gasteiger partial charge in [0.15, 0.2) is 5.76 Å². The van der Waals surface area contributed by atoms with Crippen molar-refractivity contribution in [3.63, 3.8) is 0 Å². The van der Waals surface area contributed by atoms with Gasteiger partial charge in [0.1, 0.15) is 17.2 Å². The molecule has 0 N–H and O–H groups in total. The first-order chi connectivity index (χ1) is 14.0. The van der Waals surface area contributed by atoms with Crippen LogP contribution in [-0.4, -0.2) is 18.9 Å². The lowest BCUT2D eigenvalue weighted by Gasteiger charge is -2.05. The Labute approximate surface area is 172 Å². The summed E-state index contributed by atoms with van der Waals surface area (Å²) in [6, 6.07) is 18.3. The summed E-state index contributed by atoms with van der Waals surface area (Å²) in [6.45, 7) is 0. The zero-order chi connectivity index (χ0) is 20.4. The first-order valence-electron chi connectivity index (χ1n) is 8.73. The van der Waals surface area contributed by atoms with Crippen LogP contribution in [-0.2, 0) is 0 Å². The van der Waals surface area contributed by atoms with Gasteiger partial charge in [0, 0.05) is 11.1 Å². The number of fused-ring (bicyclic) bond motifs is 1. The maximum Gasteiger partial charge on any atom is 0.343 e. The Morgan fingerprint density at radius 1 is 0.966 bits per heavy atom. The van der Waals surface area contributed by atoms with E-state index in [-0.39, 0.29) is 11.5 Å². The second kappa shape index (κ2) is 7.81. The Kier molecular flexibility index (Phi) is 5.06. The zero-order valence-electron chi connectivity index (χ0n) is 15.3. The van der Waals surface area contributed by atoms with Crippen LogP contribution >= 0.6 is 11.6 Å². The van der Waals surface area contributed by atoms with Gasteiger partial charge in [0.05, 0.1) is 18.2 Å². The molecule has 0 bridgehead atoms. The number of esters is 1. The fourth-order valence-electron chi connectivity index (χ4n) is 2.83. The lowest BCUT2D eigenvalue weighted by molar-refractivity contribution is 0.0734. The van der Waals surface area contributed by atoms with Crippen molar-refractivity contribution in [2.45, 2.75) is 0 Å². The lowest BCUT2D eigenvalue weighted by Crippen LogP contribution is -2.08. The Bertz CT molecular complexity index is 1120. The fraction of sp³-hybridized carbons (Fsp3) is 0.0435. The predicted molar refractivity (Wildman–Crippen MR) is 109 cm³/mol. The molecule has 29 heavy (non-hydrogen) atoms. The normalized spacial score (nSPS) is 13.7. The SMILES string of the molecule is COc1ccc2c(c1)O/C(=C\c1ccc(OC(=O)c3ccc(Cl)cc3)cc1)C2=O. The second-order valence-electron chi connectivity index (χ2n) is 6.27. The second-order valence-corrected chi connectivity index (χ2v) is 6.70. The first kappa shape index (κ1) is 18.8. The van der Waals surface area contributed by atoms with E-state index in [4.69, 9.17) is 25.8 Å². The minimum atomic E-state index is -0.480. The summed E-state index contributed by atoms with van der Waals surface area (Å²) in [5.74, 6) is 1.02. The molecular weight excluding hydrogens is 392 g/mol. The van der Waals surface area contributed by atoms with Gasteiger partial charge in [-0.15, -0.1) is 0 Å². The minimum Gasteiger partial charge on any atom is -0.497 e. The van der Waals surface area contributed by atoms with E-state index in [1.54, 1.807) is 79.9 Å². The first-order valence-corrected chi connectivity index (χ1v) is 9.11. The van der Waals surface area contributed by atoms with Crippen LogP contribution in [0.1, 0.15) is 26.3 Å². The maximum atomic E-state index is 12.5. The van der Waals surface area contributed by atoms with Gasteiger partial charge in [-0.3, -0.25) is 4.79 Å². The van der Waals surface area contributed by atoms with E-state index in [1.807, 2.05) is 0 Å². The molecule has 0 amide bonds. The van der Waals surface area contributed by atoms with Crippen LogP contribution in [0.3, 0.4) is 0 Å². The van der Waals surface area contributed by atoms with Crippen molar-refractivity contribution < 1.29 is 23.8 Å². The molecule has 4 rings (SSSR count). The molecular formula is C23H15ClO5. The summed E-state index contributed by atoms with van der Waals surface area (Å²) >= 11 is 5.82. The van der Waals surface area contributed by atoms with Gasteiger partial charge in [-0.2, -0.15) is 0 Å². The van der Waals surface area contributed by atoms with Crippen LogP contribution in [0.2, 0.25) is 5.02 Å². The highest BCUT2D eigenvalue weighted by Crippen LogP contribution is 2.34. The van der Waals surface area contributed by atoms with E-state index in [9.17, 15) is 9.59 Å². The smallest absolute Gasteiger partial charge is 0.343 e. The van der Waals surface area contributed by atoms with E-state index < -0.39 is 5.97 Å². The highest BCUT2D eigenvalue weighted by molar-refractivity contribution is 6.30. The highest BCUT2D eigenvalue weighted by atomic mass is 35.5. The van der Waals surface area contributed by atoms with Crippen molar-refractivity contribution in [1.29, 1.82) is 0 Å². The number of ether oxygens (including phenoxy) is 3. The Morgan fingerprint density at radius 2 is 1.66 bits per heavy atom. The number of halogens is 1. The van der Waals surface area contributed by atoms with Crippen LogP contribution in [0.4, 0.5) is 0 Å². The maximum absolute atomic E-state index is 12.5. The summed E-state index contributed by atoms with van der Waals surface area (Å²) in [5.41, 5.74) is 1.63. The number of allylic oxidation sites excluding steroid dienone is 1. The average Bonchev–Trinajstić information content (AvgIpc) is 3.04. The Balaban J connectivity index is 1.47. The molecule has 1 aliphatic heterocycles. The third-order valence-corrected chi connectivity index (χ3v) is 4.60. The number of rotatable bonds is 4. The molecule has 5 nitrogen and oxygen atoms in total. The highest BCUT2D eigenvalue weighted by Gasteiger charge is 2.27. The average molecular weight is 407 g/mol. The zero-order valence-corrected chi connectivity index (χ0v) is 16.1. The van der Waals surface area contributed by atoms with Crippen LogP contribution < -0.4 is 14.2 Å². The van der Waals surface area contributed by atoms with Crippen molar-refractivity contribution in [3.8, 4) is 17.2 Å². The number of hydrogen-bond acceptors (Lipinski definition) is 5. The third kappa shape index (κ3) is 4.00. The molecule has 0 spiro atoms. The fourth-order valence-corrected chi connectivity index (χ4v) is 2.96. The van der Waals surface area contributed by atoms with Crippen molar-refractivity contribution in [3.05, 3.63) is 94.2 Å². The quantitative estimate of drug-likeness (QED) is 0.339. The molecule has 3 aromatic carbocycles. The topological polar surface area (TPSA) is 61.8 Å². The van der Waals surface area contributed by atoms with Crippen LogP contribution in [0.15, 0.2) is 72.5 Å². The molecule has 0 unspecified atom stereocenters. The molecule has 0 aromatic heterocycles. The van der Waals surface area contributed by atoms with Crippen LogP contribution in [0.25, 0.3) is 6.08 Å². The van der Waals surface area contributed by atoms with Gasteiger partial charge in [-0.1, -0.05) is 23.7 Å². The predicted octanol–water partition coefficient (Wildman–Crippen LogP) is 5.18. The van der Waals surface area contributed by atoms with Crippen molar-refractivity contribution >= 4 is 29.4 Å². The molecule has 1 heterocycles. The number of carbonyl (C=O) groups excluding carboxylic acids is 2. The molecule has 0 saturated heterocycles. The molecule has 0 saturated carbocycles. The van der Waals surface area contributed by atoms with E-state index >= 15 is 0 Å². The third-order valence-electron chi connectivity index (χ3n) is 4.35. The number of methoxy groups -OCH3 is 1. The van der Waals surface area contributed by atoms with E-state index in [2.05, 4.69) is 0 Å². The van der Waals surface area contributed by atoms with Gasteiger partial charge in [-0.05, 0) is 60.2 Å². The summed E-state index contributed by atoms with van der Waals surface area (Å²) in [7, 11) is 1.55. The van der Waals surface area contributed by atoms with Gasteiger partial charge < -0.3 is 14.2 Å². The van der Waals surface area contributed by atoms with Crippen LogP contribution in [0, 0.1) is 0 Å². The van der Waals surface area contributed by atoms with Crippen LogP contribution in [0.5, 0.6) is 17.2 Å². The van der Waals surface area contributed by atoms with Crippen molar-refractivity contribution in [2.24, 2.45) is 0 Å². The van der Waals surface area contributed by atoms with E-state index in [0.29, 0.717) is 33.4 Å². The molecule has 144 valence electrons. The van der Waals surface area contributed by atoms with Gasteiger partial charge >= 0.3 is 5.97 Å². The molecule has 0 fully saturated rings. The minimum absolute atomic E-state index is 0.194. The number of carbonyl (C=O) groups is 2. The molecule has 0 radical (unpaired) electrons. The Hall–Kier alpha value is -3.57. The molecule has 0 atom stereocenters. The lowest BCUT2D eigenvalue weighted by atomic mass is 10.1. The largest absolute Gasteiger partial charge is 0.497 e. The van der Waals surface area contributed by atoms with Crippen molar-refractivity contribution in [2.75, 3.05) is 7.11 Å². The van der Waals surface area contributed by atoms with Crippen molar-refractivity contribution in [1.82, 2.24) is 0 Å².